The minimum atomic E-state index is -0.427. The molecule has 0 aliphatic rings. The number of hydrazone groups is 1. The molecule has 6 nitrogen and oxygen atoms in total. The van der Waals surface area contributed by atoms with Crippen molar-refractivity contribution in [2.45, 2.75) is 0 Å². The second-order valence-electron chi connectivity index (χ2n) is 8.17. The molecule has 182 valence electrons. The van der Waals surface area contributed by atoms with Crippen LogP contribution in [0.15, 0.2) is 113 Å². The summed E-state index contributed by atoms with van der Waals surface area (Å²) in [5, 5.41) is 7.87. The summed E-state index contributed by atoms with van der Waals surface area (Å²) in [6.45, 7) is -0.183. The van der Waals surface area contributed by atoms with Crippen molar-refractivity contribution in [1.82, 2.24) is 5.43 Å². The summed E-state index contributed by atoms with van der Waals surface area (Å²) in [4.78, 5) is 24.9. The maximum absolute atomic E-state index is 12.7. The number of rotatable bonds is 7. The molecule has 1 N–H and O–H groups in total. The van der Waals surface area contributed by atoms with Crippen molar-refractivity contribution in [1.29, 1.82) is 0 Å². The zero-order chi connectivity index (χ0) is 25.6. The number of esters is 1. The molecule has 0 unspecified atom stereocenters. The summed E-state index contributed by atoms with van der Waals surface area (Å²) in [5.74, 6) is 0.167. The Kier molecular flexibility index (Phi) is 7.23. The molecule has 0 saturated heterocycles. The van der Waals surface area contributed by atoms with Crippen LogP contribution < -0.4 is 14.9 Å². The Balaban J connectivity index is 1.14. The average molecular weight is 553 g/mol. The minimum absolute atomic E-state index is 0.183. The Morgan fingerprint density at radius 2 is 1.46 bits per heavy atom. The summed E-state index contributed by atoms with van der Waals surface area (Å²) in [5.41, 5.74) is 3.68. The molecular formula is C30H21BrN2O4. The van der Waals surface area contributed by atoms with E-state index in [1.807, 2.05) is 72.8 Å². The number of amides is 1. The molecule has 5 aromatic rings. The van der Waals surface area contributed by atoms with Crippen LogP contribution >= 0.6 is 15.9 Å². The molecule has 1 amide bonds. The zero-order valence-corrected chi connectivity index (χ0v) is 21.1. The molecule has 5 rings (SSSR count). The van der Waals surface area contributed by atoms with E-state index in [1.54, 1.807) is 30.3 Å². The maximum Gasteiger partial charge on any atom is 0.344 e. The Morgan fingerprint density at radius 1 is 0.784 bits per heavy atom. The SMILES string of the molecule is O=C(COc1ccc2ccccc2c1Br)NN=Cc1ccc(OC(=O)c2cccc3ccccc23)cc1. The predicted molar refractivity (Wildman–Crippen MR) is 148 cm³/mol. The molecule has 0 aliphatic heterocycles. The van der Waals surface area contributed by atoms with Gasteiger partial charge in [0.15, 0.2) is 6.61 Å². The molecule has 7 heteroatoms. The average Bonchev–Trinajstić information content (AvgIpc) is 2.93. The molecule has 0 spiro atoms. The van der Waals surface area contributed by atoms with E-state index in [2.05, 4.69) is 26.5 Å². The molecular weight excluding hydrogens is 532 g/mol. The summed E-state index contributed by atoms with van der Waals surface area (Å²) in [7, 11) is 0. The first kappa shape index (κ1) is 24.2. The van der Waals surface area contributed by atoms with Crippen LogP contribution in [0.4, 0.5) is 0 Å². The first-order valence-electron chi connectivity index (χ1n) is 11.5. The van der Waals surface area contributed by atoms with Gasteiger partial charge in [-0.1, -0.05) is 66.7 Å². The van der Waals surface area contributed by atoms with Crippen molar-refractivity contribution in [3.63, 3.8) is 0 Å². The molecule has 0 aromatic heterocycles. The molecule has 5 aromatic carbocycles. The number of hydrogen-bond donors (Lipinski definition) is 1. The van der Waals surface area contributed by atoms with E-state index in [0.29, 0.717) is 17.1 Å². The smallest absolute Gasteiger partial charge is 0.344 e. The van der Waals surface area contributed by atoms with Gasteiger partial charge in [0, 0.05) is 0 Å². The quantitative estimate of drug-likeness (QED) is 0.108. The van der Waals surface area contributed by atoms with Gasteiger partial charge in [-0.2, -0.15) is 5.10 Å². The van der Waals surface area contributed by atoms with Crippen molar-refractivity contribution in [3.05, 3.63) is 119 Å². The third-order valence-electron chi connectivity index (χ3n) is 5.69. The number of hydrogen-bond acceptors (Lipinski definition) is 5. The van der Waals surface area contributed by atoms with Gasteiger partial charge in [-0.25, -0.2) is 10.2 Å². The van der Waals surface area contributed by atoms with Gasteiger partial charge >= 0.3 is 5.97 Å². The third kappa shape index (κ3) is 5.68. The lowest BCUT2D eigenvalue weighted by atomic mass is 10.0. The van der Waals surface area contributed by atoms with Crippen molar-refractivity contribution in [3.8, 4) is 11.5 Å². The van der Waals surface area contributed by atoms with Crippen LogP contribution in [0.2, 0.25) is 0 Å². The Hall–Kier alpha value is -4.49. The Bertz CT molecular complexity index is 1630. The predicted octanol–water partition coefficient (Wildman–Crippen LogP) is 6.50. The number of halogens is 1. The van der Waals surface area contributed by atoms with E-state index < -0.39 is 11.9 Å². The summed E-state index contributed by atoms with van der Waals surface area (Å²) < 4.78 is 12.0. The molecule has 37 heavy (non-hydrogen) atoms. The topological polar surface area (TPSA) is 77.0 Å². The largest absolute Gasteiger partial charge is 0.483 e. The normalized spacial score (nSPS) is 11.1. The minimum Gasteiger partial charge on any atom is -0.483 e. The van der Waals surface area contributed by atoms with Crippen LogP contribution in [0.3, 0.4) is 0 Å². The molecule has 0 atom stereocenters. The van der Waals surface area contributed by atoms with Crippen LogP contribution in [0.1, 0.15) is 15.9 Å². The van der Waals surface area contributed by atoms with Gasteiger partial charge in [0.1, 0.15) is 11.5 Å². The fraction of sp³-hybridized carbons (Fsp3) is 0.0333. The lowest BCUT2D eigenvalue weighted by Gasteiger charge is -2.09. The highest BCUT2D eigenvalue weighted by molar-refractivity contribution is 9.10. The van der Waals surface area contributed by atoms with Crippen LogP contribution in [-0.2, 0) is 4.79 Å². The van der Waals surface area contributed by atoms with Crippen LogP contribution in [0, 0.1) is 0 Å². The van der Waals surface area contributed by atoms with Crippen molar-refractivity contribution < 1.29 is 19.1 Å². The van der Waals surface area contributed by atoms with Crippen molar-refractivity contribution >= 4 is 55.6 Å². The van der Waals surface area contributed by atoms with E-state index >= 15 is 0 Å². The van der Waals surface area contributed by atoms with E-state index in [1.165, 1.54) is 6.21 Å². The highest BCUT2D eigenvalue weighted by Gasteiger charge is 2.12. The highest BCUT2D eigenvalue weighted by Crippen LogP contribution is 2.33. The van der Waals surface area contributed by atoms with E-state index in [-0.39, 0.29) is 6.61 Å². The number of ether oxygens (including phenoxy) is 2. The highest BCUT2D eigenvalue weighted by atomic mass is 79.9. The number of carbonyl (C=O) groups excluding carboxylic acids is 2. The third-order valence-corrected chi connectivity index (χ3v) is 6.51. The number of benzene rings is 5. The molecule has 0 saturated carbocycles. The number of carbonyl (C=O) groups is 2. The molecule has 0 bridgehead atoms. The van der Waals surface area contributed by atoms with E-state index in [4.69, 9.17) is 9.47 Å². The summed E-state index contributed by atoms with van der Waals surface area (Å²) >= 11 is 3.54. The van der Waals surface area contributed by atoms with Gasteiger partial charge in [0.25, 0.3) is 5.91 Å². The molecule has 0 radical (unpaired) electrons. The summed E-state index contributed by atoms with van der Waals surface area (Å²) in [6.07, 6.45) is 1.50. The molecule has 0 fully saturated rings. The monoisotopic (exact) mass is 552 g/mol. The summed E-state index contributed by atoms with van der Waals surface area (Å²) in [6, 6.07) is 31.7. The van der Waals surface area contributed by atoms with Gasteiger partial charge in [-0.15, -0.1) is 0 Å². The van der Waals surface area contributed by atoms with Gasteiger partial charge in [0.2, 0.25) is 0 Å². The number of fused-ring (bicyclic) bond motifs is 2. The molecule has 0 heterocycles. The maximum atomic E-state index is 12.7. The van der Waals surface area contributed by atoms with Crippen LogP contribution in [-0.4, -0.2) is 24.7 Å². The molecule has 0 aliphatic carbocycles. The zero-order valence-electron chi connectivity index (χ0n) is 19.6. The first-order valence-corrected chi connectivity index (χ1v) is 12.3. The standard InChI is InChI=1S/C30H21BrN2O4/c31-29-25-10-4-2-7-22(25)14-17-27(29)36-19-28(34)33-32-18-20-12-15-23(16-13-20)37-30(35)26-11-5-8-21-6-1-3-9-24(21)26/h1-18H,19H2,(H,33,34). The van der Waals surface area contributed by atoms with Gasteiger partial charge < -0.3 is 9.47 Å². The van der Waals surface area contributed by atoms with Gasteiger partial charge in [-0.3, -0.25) is 4.79 Å². The Morgan fingerprint density at radius 3 is 2.24 bits per heavy atom. The fourth-order valence-electron chi connectivity index (χ4n) is 3.87. The van der Waals surface area contributed by atoms with Crippen LogP contribution in [0.5, 0.6) is 11.5 Å². The second kappa shape index (κ2) is 11.1. The second-order valence-corrected chi connectivity index (χ2v) is 8.96. The van der Waals surface area contributed by atoms with E-state index in [0.717, 1.165) is 31.6 Å². The fourth-order valence-corrected chi connectivity index (χ4v) is 4.47. The first-order chi connectivity index (χ1) is 18.1. The number of nitrogens with zero attached hydrogens (tertiary/aromatic N) is 1. The van der Waals surface area contributed by atoms with Crippen molar-refractivity contribution in [2.24, 2.45) is 5.10 Å². The lowest BCUT2D eigenvalue weighted by Crippen LogP contribution is -2.24. The number of nitrogens with one attached hydrogen (secondary N) is 1. The van der Waals surface area contributed by atoms with Gasteiger partial charge in [-0.05, 0) is 79.4 Å². The van der Waals surface area contributed by atoms with Gasteiger partial charge in [0.05, 0.1) is 16.3 Å². The van der Waals surface area contributed by atoms with Crippen LogP contribution in [0.25, 0.3) is 21.5 Å². The van der Waals surface area contributed by atoms with E-state index in [9.17, 15) is 9.59 Å². The lowest BCUT2D eigenvalue weighted by molar-refractivity contribution is -0.123. The van der Waals surface area contributed by atoms with Crippen molar-refractivity contribution in [2.75, 3.05) is 6.61 Å². The Labute approximate surface area is 221 Å².